The van der Waals surface area contributed by atoms with Crippen LogP contribution in [0.4, 0.5) is 5.69 Å². The molecule has 102 valence electrons. The predicted octanol–water partition coefficient (Wildman–Crippen LogP) is 1.25. The van der Waals surface area contributed by atoms with E-state index < -0.39 is 0 Å². The van der Waals surface area contributed by atoms with E-state index in [4.69, 9.17) is 0 Å². The molecule has 4 heteroatoms. The van der Waals surface area contributed by atoms with Gasteiger partial charge < -0.3 is 15.1 Å². The third-order valence-electron chi connectivity index (χ3n) is 4.30. The third-order valence-corrected chi connectivity index (χ3v) is 4.30. The van der Waals surface area contributed by atoms with Crippen molar-refractivity contribution in [3.8, 4) is 0 Å². The number of para-hydroxylation sites is 1. The zero-order chi connectivity index (χ0) is 13.4. The molecular formula is C15H21N3O. The van der Waals surface area contributed by atoms with Gasteiger partial charge in [-0.25, -0.2) is 0 Å². The molecule has 2 atom stereocenters. The highest BCUT2D eigenvalue weighted by molar-refractivity contribution is 5.76. The Morgan fingerprint density at radius 3 is 2.74 bits per heavy atom. The summed E-state index contributed by atoms with van der Waals surface area (Å²) in [5.41, 5.74) is 2.68. The molecule has 0 saturated carbocycles. The minimum Gasteiger partial charge on any atom is -0.374 e. The molecule has 2 heterocycles. The van der Waals surface area contributed by atoms with Crippen molar-refractivity contribution in [3.63, 3.8) is 0 Å². The van der Waals surface area contributed by atoms with Crippen LogP contribution in [0.1, 0.15) is 18.0 Å². The molecule has 3 rings (SSSR count). The Bertz CT molecular complexity index is 488. The van der Waals surface area contributed by atoms with Crippen LogP contribution in [0.2, 0.25) is 0 Å². The molecule has 1 aromatic carbocycles. The molecule has 19 heavy (non-hydrogen) atoms. The monoisotopic (exact) mass is 259 g/mol. The normalized spacial score (nSPS) is 27.4. The second-order valence-electron chi connectivity index (χ2n) is 5.66. The van der Waals surface area contributed by atoms with Gasteiger partial charge in [-0.2, -0.15) is 0 Å². The van der Waals surface area contributed by atoms with Crippen molar-refractivity contribution < 1.29 is 4.79 Å². The number of rotatable bonds is 0. The van der Waals surface area contributed by atoms with Crippen molar-refractivity contribution in [3.05, 3.63) is 29.8 Å². The topological polar surface area (TPSA) is 35.6 Å². The van der Waals surface area contributed by atoms with Gasteiger partial charge in [-0.15, -0.1) is 0 Å². The lowest BCUT2D eigenvalue weighted by atomic mass is 9.86. The number of carbonyl (C=O) groups is 1. The number of carbonyl (C=O) groups excluding carboxylic acids is 1. The average Bonchev–Trinajstić information content (AvgIpc) is 2.40. The summed E-state index contributed by atoms with van der Waals surface area (Å²) in [6, 6.07) is 8.95. The van der Waals surface area contributed by atoms with E-state index in [0.717, 1.165) is 19.6 Å². The fraction of sp³-hybridized carbons (Fsp3) is 0.533. The van der Waals surface area contributed by atoms with Gasteiger partial charge >= 0.3 is 0 Å². The maximum atomic E-state index is 11.8. The van der Waals surface area contributed by atoms with Crippen molar-refractivity contribution in [2.45, 2.75) is 12.5 Å². The summed E-state index contributed by atoms with van der Waals surface area (Å²) >= 11 is 0. The third kappa shape index (κ3) is 2.21. The molecule has 0 unspecified atom stereocenters. The summed E-state index contributed by atoms with van der Waals surface area (Å²) in [5.74, 6) is 0.696. The Labute approximate surface area is 114 Å². The molecule has 1 amide bonds. The Hall–Kier alpha value is -1.55. The highest BCUT2D eigenvalue weighted by atomic mass is 16.2. The minimum absolute atomic E-state index is 0.243. The molecule has 2 aliphatic rings. The van der Waals surface area contributed by atoms with Crippen molar-refractivity contribution in [1.82, 2.24) is 10.2 Å². The predicted molar refractivity (Wildman–Crippen MR) is 76.2 cm³/mol. The van der Waals surface area contributed by atoms with Crippen LogP contribution in [0.15, 0.2) is 24.3 Å². The maximum Gasteiger partial charge on any atom is 0.223 e. The van der Waals surface area contributed by atoms with E-state index in [1.165, 1.54) is 11.3 Å². The van der Waals surface area contributed by atoms with Crippen molar-refractivity contribution in [2.75, 3.05) is 38.6 Å². The molecule has 1 aromatic rings. The Balaban J connectivity index is 1.94. The maximum absolute atomic E-state index is 11.8. The van der Waals surface area contributed by atoms with Crippen molar-refractivity contribution in [1.29, 1.82) is 0 Å². The van der Waals surface area contributed by atoms with Crippen LogP contribution < -0.4 is 10.2 Å². The van der Waals surface area contributed by atoms with Crippen LogP contribution in [0.25, 0.3) is 0 Å². The smallest absolute Gasteiger partial charge is 0.223 e. The van der Waals surface area contributed by atoms with Crippen LogP contribution in [0.3, 0.4) is 0 Å². The summed E-state index contributed by atoms with van der Waals surface area (Å²) < 4.78 is 0. The van der Waals surface area contributed by atoms with E-state index in [1.807, 2.05) is 11.9 Å². The Kier molecular flexibility index (Phi) is 3.19. The van der Waals surface area contributed by atoms with Gasteiger partial charge in [0.15, 0.2) is 0 Å². The van der Waals surface area contributed by atoms with E-state index in [9.17, 15) is 4.79 Å². The molecule has 1 fully saturated rings. The number of nitrogens with one attached hydrogen (secondary N) is 1. The van der Waals surface area contributed by atoms with E-state index in [1.54, 1.807) is 0 Å². The summed E-state index contributed by atoms with van der Waals surface area (Å²) in [6.45, 7) is 2.59. The molecule has 1 saturated heterocycles. The Morgan fingerprint density at radius 1 is 1.16 bits per heavy atom. The van der Waals surface area contributed by atoms with Gasteiger partial charge in [-0.05, 0) is 11.6 Å². The lowest BCUT2D eigenvalue weighted by Gasteiger charge is -2.42. The summed E-state index contributed by atoms with van der Waals surface area (Å²) in [5, 5.41) is 3.58. The summed E-state index contributed by atoms with van der Waals surface area (Å²) in [7, 11) is 4.06. The van der Waals surface area contributed by atoms with Crippen LogP contribution >= 0.6 is 0 Å². The second-order valence-corrected chi connectivity index (χ2v) is 5.66. The standard InChI is InChI=1S/C15H21N3O/c1-17-9-11-10-18(2)14(19)7-8-16-15(11)12-5-3-4-6-13(12)17/h3-6,11,15-16H,7-10H2,1-2H3/t11-,15-/m1/s1. The number of fused-ring (bicyclic) bond motifs is 3. The minimum atomic E-state index is 0.243. The zero-order valence-corrected chi connectivity index (χ0v) is 11.6. The van der Waals surface area contributed by atoms with Crippen molar-refractivity contribution in [2.24, 2.45) is 5.92 Å². The van der Waals surface area contributed by atoms with Gasteiger partial charge in [-0.3, -0.25) is 4.79 Å². The molecule has 2 aliphatic heterocycles. The molecule has 0 aromatic heterocycles. The first-order chi connectivity index (χ1) is 9.16. The quantitative estimate of drug-likeness (QED) is 0.761. The average molecular weight is 259 g/mol. The Morgan fingerprint density at radius 2 is 1.89 bits per heavy atom. The first-order valence-corrected chi connectivity index (χ1v) is 6.94. The van der Waals surface area contributed by atoms with Crippen LogP contribution in [0, 0.1) is 5.92 Å². The fourth-order valence-electron chi connectivity index (χ4n) is 3.33. The number of benzene rings is 1. The van der Waals surface area contributed by atoms with E-state index in [-0.39, 0.29) is 5.91 Å². The molecule has 0 bridgehead atoms. The molecule has 1 N–H and O–H groups in total. The van der Waals surface area contributed by atoms with Gasteiger partial charge in [0.2, 0.25) is 5.91 Å². The van der Waals surface area contributed by atoms with Crippen molar-refractivity contribution >= 4 is 11.6 Å². The summed E-state index contributed by atoms with van der Waals surface area (Å²) in [4.78, 5) is 16.0. The van der Waals surface area contributed by atoms with Crippen LogP contribution in [-0.2, 0) is 4.79 Å². The van der Waals surface area contributed by atoms with Crippen LogP contribution in [0.5, 0.6) is 0 Å². The highest BCUT2D eigenvalue weighted by Crippen LogP contribution is 2.37. The first-order valence-electron chi connectivity index (χ1n) is 6.94. The highest BCUT2D eigenvalue weighted by Gasteiger charge is 2.34. The lowest BCUT2D eigenvalue weighted by molar-refractivity contribution is -0.131. The SMILES string of the molecule is CN1C[C@H]2CN(C)c3ccccc3[C@@H]2NCCC1=O. The summed E-state index contributed by atoms with van der Waals surface area (Å²) in [6.07, 6.45) is 0.595. The van der Waals surface area contributed by atoms with Gasteiger partial charge in [0.1, 0.15) is 0 Å². The van der Waals surface area contributed by atoms with E-state index >= 15 is 0 Å². The molecule has 0 radical (unpaired) electrons. The molecule has 0 spiro atoms. The largest absolute Gasteiger partial charge is 0.374 e. The number of anilines is 1. The number of amides is 1. The lowest BCUT2D eigenvalue weighted by Crippen LogP contribution is -2.49. The first kappa shape index (κ1) is 12.5. The van der Waals surface area contributed by atoms with Gasteiger partial charge in [0.05, 0.1) is 0 Å². The number of nitrogens with zero attached hydrogens (tertiary/aromatic N) is 2. The molecule has 4 nitrogen and oxygen atoms in total. The fourth-order valence-corrected chi connectivity index (χ4v) is 3.33. The van der Waals surface area contributed by atoms with Gasteiger partial charge in [0.25, 0.3) is 0 Å². The van der Waals surface area contributed by atoms with Gasteiger partial charge in [0, 0.05) is 57.8 Å². The van der Waals surface area contributed by atoms with E-state index in [0.29, 0.717) is 18.4 Å². The van der Waals surface area contributed by atoms with Gasteiger partial charge in [-0.1, -0.05) is 18.2 Å². The second kappa shape index (κ2) is 4.85. The van der Waals surface area contributed by atoms with E-state index in [2.05, 4.69) is 41.5 Å². The zero-order valence-electron chi connectivity index (χ0n) is 11.6. The molecule has 0 aliphatic carbocycles. The molecular weight excluding hydrogens is 238 g/mol. The number of hydrogen-bond acceptors (Lipinski definition) is 3. The number of hydrogen-bond donors (Lipinski definition) is 1. The van der Waals surface area contributed by atoms with Crippen LogP contribution in [-0.4, -0.2) is 44.5 Å².